The third kappa shape index (κ3) is 1.99. The number of fused-ring (bicyclic) bond motifs is 2. The van der Waals surface area contributed by atoms with Gasteiger partial charge >= 0.3 is 5.97 Å². The highest BCUT2D eigenvalue weighted by Gasteiger charge is 2.17. The Bertz CT molecular complexity index is 762. The van der Waals surface area contributed by atoms with Gasteiger partial charge in [0, 0.05) is 17.0 Å². The number of hydrogen-bond donors (Lipinski definition) is 2. The lowest BCUT2D eigenvalue weighted by Crippen LogP contribution is -2.19. The Morgan fingerprint density at radius 1 is 1.30 bits per heavy atom. The van der Waals surface area contributed by atoms with Gasteiger partial charge in [0.1, 0.15) is 13.2 Å². The quantitative estimate of drug-likeness (QED) is 0.860. The van der Waals surface area contributed by atoms with Crippen molar-refractivity contribution in [2.45, 2.75) is 13.3 Å². The molecule has 0 radical (unpaired) electrons. The highest BCUT2D eigenvalue weighted by Crippen LogP contribution is 2.34. The fraction of sp³-hybridized carbons (Fsp3) is 0.286. The molecule has 1 aromatic heterocycles. The molecule has 0 atom stereocenters. The van der Waals surface area contributed by atoms with E-state index in [1.54, 1.807) is 19.1 Å². The second-order valence-electron chi connectivity index (χ2n) is 4.67. The van der Waals surface area contributed by atoms with Crippen molar-refractivity contribution in [1.29, 1.82) is 0 Å². The molecule has 1 aliphatic heterocycles. The van der Waals surface area contributed by atoms with Crippen LogP contribution in [0.2, 0.25) is 0 Å². The summed E-state index contributed by atoms with van der Waals surface area (Å²) in [5, 5.41) is 9.65. The maximum absolute atomic E-state index is 12.0. The topological polar surface area (TPSA) is 88.6 Å². The van der Waals surface area contributed by atoms with Crippen molar-refractivity contribution in [1.82, 2.24) is 4.98 Å². The zero-order valence-corrected chi connectivity index (χ0v) is 10.9. The molecule has 2 heterocycles. The summed E-state index contributed by atoms with van der Waals surface area (Å²) in [5.41, 5.74) is 1.16. The molecule has 0 amide bonds. The predicted octanol–water partition coefficient (Wildman–Crippen LogP) is 1.23. The van der Waals surface area contributed by atoms with Gasteiger partial charge in [-0.25, -0.2) is 0 Å². The second-order valence-corrected chi connectivity index (χ2v) is 4.67. The van der Waals surface area contributed by atoms with Crippen molar-refractivity contribution in [2.75, 3.05) is 13.2 Å². The number of ether oxygens (including phenoxy) is 2. The van der Waals surface area contributed by atoms with E-state index in [-0.39, 0.29) is 17.5 Å². The van der Waals surface area contributed by atoms with Crippen LogP contribution in [0.5, 0.6) is 11.5 Å². The third-order valence-corrected chi connectivity index (χ3v) is 3.39. The van der Waals surface area contributed by atoms with Gasteiger partial charge in [-0.2, -0.15) is 0 Å². The maximum atomic E-state index is 12.0. The molecule has 6 nitrogen and oxygen atoms in total. The Kier molecular flexibility index (Phi) is 2.85. The summed E-state index contributed by atoms with van der Waals surface area (Å²) >= 11 is 0. The molecule has 0 spiro atoms. The number of nitrogens with one attached hydrogen (secondary N) is 1. The van der Waals surface area contributed by atoms with Crippen molar-refractivity contribution < 1.29 is 19.4 Å². The summed E-state index contributed by atoms with van der Waals surface area (Å²) in [6, 6.07) is 3.49. The number of carboxylic acid groups (broad SMARTS) is 1. The predicted molar refractivity (Wildman–Crippen MR) is 71.6 cm³/mol. The number of benzene rings is 1. The monoisotopic (exact) mass is 275 g/mol. The van der Waals surface area contributed by atoms with E-state index in [4.69, 9.17) is 14.6 Å². The van der Waals surface area contributed by atoms with E-state index >= 15 is 0 Å². The van der Waals surface area contributed by atoms with Gasteiger partial charge in [-0.1, -0.05) is 0 Å². The number of aryl methyl sites for hydroxylation is 1. The van der Waals surface area contributed by atoms with E-state index < -0.39 is 5.97 Å². The lowest BCUT2D eigenvalue weighted by molar-refractivity contribution is -0.136. The highest BCUT2D eigenvalue weighted by molar-refractivity contribution is 5.87. The number of carbonyl (C=O) groups is 1. The molecule has 6 heteroatoms. The van der Waals surface area contributed by atoms with Crippen molar-refractivity contribution in [3.05, 3.63) is 33.6 Å². The number of hydrogen-bond acceptors (Lipinski definition) is 4. The van der Waals surface area contributed by atoms with Crippen molar-refractivity contribution in [2.24, 2.45) is 0 Å². The van der Waals surface area contributed by atoms with Crippen LogP contribution < -0.4 is 15.0 Å². The van der Waals surface area contributed by atoms with E-state index in [2.05, 4.69) is 4.98 Å². The SMILES string of the molecule is Cc1c(CC(=O)O)c(=O)[nH]c2cc3c(cc12)OCCO3. The van der Waals surface area contributed by atoms with Crippen LogP contribution in [0.3, 0.4) is 0 Å². The molecule has 104 valence electrons. The molecular weight excluding hydrogens is 262 g/mol. The standard InChI is InChI=1S/C14H13NO5/c1-7-8-4-11-12(20-3-2-19-11)6-10(8)15-14(18)9(7)5-13(16)17/h4,6H,2-3,5H2,1H3,(H,15,18)(H,16,17). The van der Waals surface area contributed by atoms with E-state index in [1.165, 1.54) is 0 Å². The van der Waals surface area contributed by atoms with E-state index in [0.29, 0.717) is 35.8 Å². The Hall–Kier alpha value is -2.50. The molecule has 0 unspecified atom stereocenters. The molecule has 0 saturated carbocycles. The summed E-state index contributed by atoms with van der Waals surface area (Å²) in [4.78, 5) is 25.5. The molecule has 3 rings (SSSR count). The number of carboxylic acids is 1. The van der Waals surface area contributed by atoms with Crippen LogP contribution in [0, 0.1) is 6.92 Å². The average molecular weight is 275 g/mol. The number of aromatic amines is 1. The number of aliphatic carboxylic acids is 1. The zero-order chi connectivity index (χ0) is 14.3. The summed E-state index contributed by atoms with van der Waals surface area (Å²) in [7, 11) is 0. The van der Waals surface area contributed by atoms with Gasteiger partial charge in [0.25, 0.3) is 5.56 Å². The van der Waals surface area contributed by atoms with Crippen LogP contribution >= 0.6 is 0 Å². The fourth-order valence-corrected chi connectivity index (χ4v) is 2.40. The normalized spacial score (nSPS) is 13.4. The van der Waals surface area contributed by atoms with Gasteiger partial charge in [0.15, 0.2) is 11.5 Å². The fourth-order valence-electron chi connectivity index (χ4n) is 2.40. The summed E-state index contributed by atoms with van der Waals surface area (Å²) in [6.45, 7) is 2.69. The third-order valence-electron chi connectivity index (χ3n) is 3.39. The average Bonchev–Trinajstić information content (AvgIpc) is 2.41. The first-order valence-corrected chi connectivity index (χ1v) is 6.23. The summed E-state index contributed by atoms with van der Waals surface area (Å²) in [6.07, 6.45) is -0.300. The Labute approximate surface area is 113 Å². The molecule has 1 aromatic carbocycles. The van der Waals surface area contributed by atoms with Crippen molar-refractivity contribution in [3.63, 3.8) is 0 Å². The molecule has 1 aliphatic rings. The molecular formula is C14H13NO5. The van der Waals surface area contributed by atoms with E-state index in [9.17, 15) is 9.59 Å². The number of pyridine rings is 1. The maximum Gasteiger partial charge on any atom is 0.308 e. The number of rotatable bonds is 2. The second kappa shape index (κ2) is 4.56. The summed E-state index contributed by atoms with van der Waals surface area (Å²) < 4.78 is 11.0. The van der Waals surface area contributed by atoms with Crippen molar-refractivity contribution >= 4 is 16.9 Å². The van der Waals surface area contributed by atoms with E-state index in [0.717, 1.165) is 5.39 Å². The molecule has 2 aromatic rings. The van der Waals surface area contributed by atoms with Crippen LogP contribution in [0.15, 0.2) is 16.9 Å². The Balaban J connectivity index is 2.26. The van der Waals surface area contributed by atoms with Crippen LogP contribution in [-0.2, 0) is 11.2 Å². The minimum atomic E-state index is -1.03. The molecule has 0 bridgehead atoms. The number of aromatic nitrogens is 1. The Morgan fingerprint density at radius 3 is 2.60 bits per heavy atom. The Morgan fingerprint density at radius 2 is 1.95 bits per heavy atom. The first kappa shape index (κ1) is 12.5. The van der Waals surface area contributed by atoms with Gasteiger partial charge in [0.2, 0.25) is 0 Å². The first-order valence-electron chi connectivity index (χ1n) is 6.23. The lowest BCUT2D eigenvalue weighted by atomic mass is 10.0. The lowest BCUT2D eigenvalue weighted by Gasteiger charge is -2.19. The molecule has 0 aliphatic carbocycles. The molecule has 2 N–H and O–H groups in total. The number of H-pyrrole nitrogens is 1. The minimum Gasteiger partial charge on any atom is -0.486 e. The molecule has 20 heavy (non-hydrogen) atoms. The highest BCUT2D eigenvalue weighted by atomic mass is 16.6. The van der Waals surface area contributed by atoms with Crippen LogP contribution in [0.1, 0.15) is 11.1 Å². The smallest absolute Gasteiger partial charge is 0.308 e. The minimum absolute atomic E-state index is 0.265. The van der Waals surface area contributed by atoms with Crippen LogP contribution in [0.4, 0.5) is 0 Å². The van der Waals surface area contributed by atoms with Gasteiger partial charge in [-0.15, -0.1) is 0 Å². The largest absolute Gasteiger partial charge is 0.486 e. The van der Waals surface area contributed by atoms with Crippen LogP contribution in [-0.4, -0.2) is 29.3 Å². The van der Waals surface area contributed by atoms with Gasteiger partial charge < -0.3 is 19.6 Å². The zero-order valence-electron chi connectivity index (χ0n) is 10.9. The first-order chi connectivity index (χ1) is 9.56. The van der Waals surface area contributed by atoms with Crippen LogP contribution in [0.25, 0.3) is 10.9 Å². The van der Waals surface area contributed by atoms with E-state index in [1.807, 2.05) is 0 Å². The molecule has 0 saturated heterocycles. The molecule has 0 fully saturated rings. The van der Waals surface area contributed by atoms with Gasteiger partial charge in [-0.05, 0) is 18.6 Å². The van der Waals surface area contributed by atoms with Crippen molar-refractivity contribution in [3.8, 4) is 11.5 Å². The van der Waals surface area contributed by atoms with Gasteiger partial charge in [-0.3, -0.25) is 9.59 Å². The summed E-state index contributed by atoms with van der Waals surface area (Å²) in [5.74, 6) is 0.167. The van der Waals surface area contributed by atoms with Gasteiger partial charge in [0.05, 0.1) is 11.9 Å².